The maximum absolute atomic E-state index is 13.1. The van der Waals surface area contributed by atoms with E-state index >= 15 is 0 Å². The molecule has 1 aromatic carbocycles. The molecule has 0 spiro atoms. The Kier molecular flexibility index (Phi) is 5.62. The maximum Gasteiger partial charge on any atom is 0.433 e. The number of anilines is 3. The van der Waals surface area contributed by atoms with Crippen LogP contribution >= 0.6 is 0 Å². The van der Waals surface area contributed by atoms with Gasteiger partial charge in [-0.05, 0) is 25.5 Å². The Morgan fingerprint density at radius 1 is 1.00 bits per heavy atom. The Bertz CT molecular complexity index is 757. The molecule has 142 valence electrons. The van der Waals surface area contributed by atoms with Crippen molar-refractivity contribution < 1.29 is 26.3 Å². The summed E-state index contributed by atoms with van der Waals surface area (Å²) in [6.07, 6.45) is -8.84. The third-order valence-corrected chi connectivity index (χ3v) is 3.50. The van der Waals surface area contributed by atoms with Crippen molar-refractivity contribution in [3.05, 3.63) is 41.6 Å². The lowest BCUT2D eigenvalue weighted by atomic mass is 10.1. The highest BCUT2D eigenvalue weighted by atomic mass is 19.4. The monoisotopic (exact) mass is 378 g/mol. The van der Waals surface area contributed by atoms with Gasteiger partial charge in [0, 0.05) is 12.1 Å². The molecule has 0 radical (unpaired) electrons. The van der Waals surface area contributed by atoms with E-state index in [-0.39, 0.29) is 12.0 Å². The standard InChI is InChI=1S/C16H16F6N4/c1-3-9(2)23-14-25-12(16(20,21)22)8-13(26-14)24-11-7-5-4-6-10(11)15(17,18)19/h4-9H,3H2,1-2H3,(H2,23,24,25,26)/t9-/m0/s1. The van der Waals surface area contributed by atoms with Gasteiger partial charge in [-0.25, -0.2) is 4.98 Å². The first-order chi connectivity index (χ1) is 12.0. The van der Waals surface area contributed by atoms with Crippen molar-refractivity contribution in [2.75, 3.05) is 10.6 Å². The van der Waals surface area contributed by atoms with Gasteiger partial charge in [-0.2, -0.15) is 31.3 Å². The molecule has 0 saturated carbocycles. The quantitative estimate of drug-likeness (QED) is 0.678. The van der Waals surface area contributed by atoms with Crippen molar-refractivity contribution in [2.45, 2.75) is 38.7 Å². The SMILES string of the molecule is CC[C@H](C)Nc1nc(Nc2ccccc2C(F)(F)F)cc(C(F)(F)F)n1. The molecule has 10 heteroatoms. The van der Waals surface area contributed by atoms with E-state index in [1.807, 2.05) is 6.92 Å². The number of rotatable bonds is 5. The summed E-state index contributed by atoms with van der Waals surface area (Å²) in [6, 6.07) is 4.81. The number of aromatic nitrogens is 2. The fourth-order valence-corrected chi connectivity index (χ4v) is 2.02. The minimum Gasteiger partial charge on any atom is -0.352 e. The van der Waals surface area contributed by atoms with Crippen LogP contribution in [0.5, 0.6) is 0 Å². The van der Waals surface area contributed by atoms with Crippen LogP contribution in [0, 0.1) is 0 Å². The third kappa shape index (κ3) is 4.99. The lowest BCUT2D eigenvalue weighted by molar-refractivity contribution is -0.141. The number of halogens is 6. The summed E-state index contributed by atoms with van der Waals surface area (Å²) in [4.78, 5) is 7.25. The second-order valence-electron chi connectivity index (χ2n) is 5.58. The number of para-hydroxylation sites is 1. The summed E-state index contributed by atoms with van der Waals surface area (Å²) in [5, 5.41) is 5.00. The smallest absolute Gasteiger partial charge is 0.352 e. The molecule has 0 aliphatic rings. The Labute approximate surface area is 145 Å². The molecule has 0 bridgehead atoms. The maximum atomic E-state index is 13.1. The number of benzene rings is 1. The van der Waals surface area contributed by atoms with Crippen molar-refractivity contribution in [1.29, 1.82) is 0 Å². The first-order valence-electron chi connectivity index (χ1n) is 7.66. The van der Waals surface area contributed by atoms with Crippen LogP contribution in [0.15, 0.2) is 30.3 Å². The number of nitrogens with zero attached hydrogens (tertiary/aromatic N) is 2. The first kappa shape index (κ1) is 19.8. The molecule has 26 heavy (non-hydrogen) atoms. The molecular formula is C16H16F6N4. The van der Waals surface area contributed by atoms with Crippen LogP contribution in [0.1, 0.15) is 31.5 Å². The van der Waals surface area contributed by atoms with Crippen molar-refractivity contribution >= 4 is 17.5 Å². The van der Waals surface area contributed by atoms with Crippen LogP contribution in [0.25, 0.3) is 0 Å². The Balaban J connectivity index is 2.45. The molecule has 1 aromatic heterocycles. The average Bonchev–Trinajstić information content (AvgIpc) is 2.53. The fraction of sp³-hybridized carbons (Fsp3) is 0.375. The molecule has 0 unspecified atom stereocenters. The van der Waals surface area contributed by atoms with Crippen molar-refractivity contribution in [3.8, 4) is 0 Å². The third-order valence-electron chi connectivity index (χ3n) is 3.50. The van der Waals surface area contributed by atoms with Crippen LogP contribution in [-0.2, 0) is 12.4 Å². The Morgan fingerprint density at radius 2 is 1.65 bits per heavy atom. The highest BCUT2D eigenvalue weighted by Gasteiger charge is 2.35. The number of hydrogen-bond donors (Lipinski definition) is 2. The molecule has 0 amide bonds. The largest absolute Gasteiger partial charge is 0.433 e. The predicted molar refractivity (Wildman–Crippen MR) is 85.1 cm³/mol. The van der Waals surface area contributed by atoms with E-state index in [1.54, 1.807) is 6.92 Å². The highest BCUT2D eigenvalue weighted by molar-refractivity contribution is 5.62. The molecule has 1 heterocycles. The molecule has 0 fully saturated rings. The van der Waals surface area contributed by atoms with Crippen LogP contribution < -0.4 is 10.6 Å². The lowest BCUT2D eigenvalue weighted by Gasteiger charge is -2.17. The summed E-state index contributed by atoms with van der Waals surface area (Å²) in [5.74, 6) is -0.712. The molecule has 0 saturated heterocycles. The minimum absolute atomic E-state index is 0.214. The zero-order valence-electron chi connectivity index (χ0n) is 13.8. The normalized spacial score (nSPS) is 13.4. The van der Waals surface area contributed by atoms with Gasteiger partial charge in [-0.1, -0.05) is 19.1 Å². The molecule has 1 atom stereocenters. The highest BCUT2D eigenvalue weighted by Crippen LogP contribution is 2.36. The van der Waals surface area contributed by atoms with Crippen molar-refractivity contribution in [2.24, 2.45) is 0 Å². The van der Waals surface area contributed by atoms with Crippen molar-refractivity contribution in [3.63, 3.8) is 0 Å². The van der Waals surface area contributed by atoms with Gasteiger partial charge in [-0.3, -0.25) is 0 Å². The van der Waals surface area contributed by atoms with E-state index in [0.29, 0.717) is 12.5 Å². The Hall–Kier alpha value is -2.52. The van der Waals surface area contributed by atoms with Gasteiger partial charge in [0.25, 0.3) is 0 Å². The van der Waals surface area contributed by atoms with Gasteiger partial charge in [0.05, 0.1) is 11.3 Å². The lowest BCUT2D eigenvalue weighted by Crippen LogP contribution is -2.19. The van der Waals surface area contributed by atoms with Crippen LogP contribution in [-0.4, -0.2) is 16.0 Å². The topological polar surface area (TPSA) is 49.8 Å². The Morgan fingerprint density at radius 3 is 2.23 bits per heavy atom. The predicted octanol–water partition coefficient (Wildman–Crippen LogP) is 5.47. The van der Waals surface area contributed by atoms with E-state index in [0.717, 1.165) is 12.1 Å². The van der Waals surface area contributed by atoms with E-state index < -0.39 is 35.1 Å². The fourth-order valence-electron chi connectivity index (χ4n) is 2.02. The number of alkyl halides is 6. The molecule has 4 nitrogen and oxygen atoms in total. The van der Waals surface area contributed by atoms with E-state index in [4.69, 9.17) is 0 Å². The van der Waals surface area contributed by atoms with E-state index in [1.165, 1.54) is 12.1 Å². The van der Waals surface area contributed by atoms with Crippen LogP contribution in [0.2, 0.25) is 0 Å². The number of hydrogen-bond acceptors (Lipinski definition) is 4. The second-order valence-corrected chi connectivity index (χ2v) is 5.58. The first-order valence-corrected chi connectivity index (χ1v) is 7.66. The van der Waals surface area contributed by atoms with Gasteiger partial charge in [-0.15, -0.1) is 0 Å². The van der Waals surface area contributed by atoms with Gasteiger partial charge < -0.3 is 10.6 Å². The molecule has 0 aliphatic heterocycles. The molecule has 2 aromatic rings. The van der Waals surface area contributed by atoms with E-state index in [9.17, 15) is 26.3 Å². The van der Waals surface area contributed by atoms with Gasteiger partial charge in [0.15, 0.2) is 5.69 Å². The van der Waals surface area contributed by atoms with Gasteiger partial charge in [0.1, 0.15) is 5.82 Å². The molecule has 2 N–H and O–H groups in total. The van der Waals surface area contributed by atoms with Crippen LogP contribution in [0.4, 0.5) is 43.8 Å². The van der Waals surface area contributed by atoms with Gasteiger partial charge >= 0.3 is 12.4 Å². The van der Waals surface area contributed by atoms with E-state index in [2.05, 4.69) is 20.6 Å². The van der Waals surface area contributed by atoms with Gasteiger partial charge in [0.2, 0.25) is 5.95 Å². The zero-order valence-corrected chi connectivity index (χ0v) is 13.8. The van der Waals surface area contributed by atoms with Crippen molar-refractivity contribution in [1.82, 2.24) is 9.97 Å². The average molecular weight is 378 g/mol. The number of nitrogens with one attached hydrogen (secondary N) is 2. The molecule has 2 rings (SSSR count). The summed E-state index contributed by atoms with van der Waals surface area (Å²) < 4.78 is 78.3. The molecular weight excluding hydrogens is 362 g/mol. The zero-order chi connectivity index (χ0) is 19.5. The molecule has 0 aliphatic carbocycles. The summed E-state index contributed by atoms with van der Waals surface area (Å²) in [5.41, 5.74) is -2.67. The summed E-state index contributed by atoms with van der Waals surface area (Å²) >= 11 is 0. The van der Waals surface area contributed by atoms with Crippen LogP contribution in [0.3, 0.4) is 0 Å². The second kappa shape index (κ2) is 7.38. The summed E-state index contributed by atoms with van der Waals surface area (Å²) in [6.45, 7) is 3.53. The minimum atomic E-state index is -4.77. The summed E-state index contributed by atoms with van der Waals surface area (Å²) in [7, 11) is 0.